The molecule has 1 aromatic heterocycles. The molecule has 2 N–H and O–H groups in total. The first-order valence-corrected chi connectivity index (χ1v) is 11.2. The van der Waals surface area contributed by atoms with Crippen molar-refractivity contribution in [2.75, 3.05) is 4.72 Å². The summed E-state index contributed by atoms with van der Waals surface area (Å²) in [5, 5.41) is 5.42. The Balaban J connectivity index is 1.58. The van der Waals surface area contributed by atoms with E-state index in [0.717, 1.165) is 37.0 Å². The maximum Gasteiger partial charge on any atom is 0.263 e. The molecule has 9 heteroatoms. The van der Waals surface area contributed by atoms with Crippen molar-refractivity contribution in [3.05, 3.63) is 40.4 Å². The lowest BCUT2D eigenvalue weighted by Crippen LogP contribution is -2.37. The van der Waals surface area contributed by atoms with E-state index in [1.807, 2.05) is 0 Å². The van der Waals surface area contributed by atoms with Crippen molar-refractivity contribution in [2.24, 2.45) is 0 Å². The average Bonchev–Trinajstić information content (AvgIpc) is 3.02. The molecule has 0 atom stereocenters. The minimum atomic E-state index is -3.73. The Morgan fingerprint density at radius 1 is 1.19 bits per heavy atom. The van der Waals surface area contributed by atoms with E-state index in [9.17, 15) is 13.2 Å². The van der Waals surface area contributed by atoms with Crippen molar-refractivity contribution in [2.45, 2.75) is 49.5 Å². The van der Waals surface area contributed by atoms with Crippen molar-refractivity contribution in [3.63, 3.8) is 0 Å². The van der Waals surface area contributed by atoms with E-state index in [4.69, 9.17) is 11.6 Å². The van der Waals surface area contributed by atoms with E-state index in [1.54, 1.807) is 5.38 Å². The second-order valence-electron chi connectivity index (χ2n) is 6.28. The number of amides is 1. The Morgan fingerprint density at radius 2 is 1.88 bits per heavy atom. The highest BCUT2D eigenvalue weighted by Crippen LogP contribution is 2.22. The van der Waals surface area contributed by atoms with Gasteiger partial charge in [-0.25, -0.2) is 13.4 Å². The van der Waals surface area contributed by atoms with Gasteiger partial charge in [0.25, 0.3) is 10.0 Å². The fourth-order valence-corrected chi connectivity index (χ4v) is 5.00. The molecule has 1 amide bonds. The highest BCUT2D eigenvalue weighted by atomic mass is 35.5. The number of hydrogen-bond donors (Lipinski definition) is 2. The molecular formula is C17H20ClN3O3S2. The zero-order chi connectivity index (χ0) is 18.6. The van der Waals surface area contributed by atoms with Crippen molar-refractivity contribution in [1.82, 2.24) is 10.3 Å². The third-order valence-electron chi connectivity index (χ3n) is 4.21. The number of sulfonamides is 1. The van der Waals surface area contributed by atoms with Gasteiger partial charge in [0, 0.05) is 16.4 Å². The first kappa shape index (κ1) is 19.1. The molecule has 1 aromatic carbocycles. The molecule has 0 radical (unpaired) electrons. The van der Waals surface area contributed by atoms with E-state index < -0.39 is 10.0 Å². The van der Waals surface area contributed by atoms with Crippen molar-refractivity contribution in [1.29, 1.82) is 0 Å². The topological polar surface area (TPSA) is 88.2 Å². The lowest BCUT2D eigenvalue weighted by Gasteiger charge is -2.22. The van der Waals surface area contributed by atoms with Crippen LogP contribution < -0.4 is 10.0 Å². The molecule has 0 aliphatic heterocycles. The van der Waals surface area contributed by atoms with Gasteiger partial charge in [-0.1, -0.05) is 30.9 Å². The molecule has 0 spiro atoms. The van der Waals surface area contributed by atoms with Crippen LogP contribution in [0.5, 0.6) is 0 Å². The van der Waals surface area contributed by atoms with Gasteiger partial charge in [-0.15, -0.1) is 11.3 Å². The van der Waals surface area contributed by atoms with Gasteiger partial charge in [-0.05, 0) is 37.1 Å². The van der Waals surface area contributed by atoms with Crippen LogP contribution in [0, 0.1) is 0 Å². The number of thiazole rings is 1. The first-order valence-electron chi connectivity index (χ1n) is 8.44. The van der Waals surface area contributed by atoms with Crippen LogP contribution in [0.1, 0.15) is 37.8 Å². The summed E-state index contributed by atoms with van der Waals surface area (Å²) in [4.78, 5) is 16.4. The van der Waals surface area contributed by atoms with Crippen LogP contribution in [0.2, 0.25) is 5.02 Å². The number of nitrogens with zero attached hydrogens (tertiary/aromatic N) is 1. The van der Waals surface area contributed by atoms with Gasteiger partial charge >= 0.3 is 0 Å². The quantitative estimate of drug-likeness (QED) is 0.757. The summed E-state index contributed by atoms with van der Waals surface area (Å²) >= 11 is 6.93. The number of halogens is 1. The summed E-state index contributed by atoms with van der Waals surface area (Å²) in [7, 11) is -3.73. The molecule has 0 bridgehead atoms. The Bertz CT molecular complexity index is 860. The summed E-state index contributed by atoms with van der Waals surface area (Å²) in [6.45, 7) is 0. The third-order valence-corrected chi connectivity index (χ3v) is 6.75. The summed E-state index contributed by atoms with van der Waals surface area (Å²) < 4.78 is 27.1. The lowest BCUT2D eigenvalue weighted by atomic mass is 9.95. The van der Waals surface area contributed by atoms with E-state index in [0.29, 0.717) is 10.7 Å². The monoisotopic (exact) mass is 413 g/mol. The predicted molar refractivity (Wildman–Crippen MR) is 103 cm³/mol. The molecule has 6 nitrogen and oxygen atoms in total. The van der Waals surface area contributed by atoms with Gasteiger partial charge in [0.2, 0.25) is 5.91 Å². The molecule has 1 aliphatic carbocycles. The molecule has 3 rings (SSSR count). The lowest BCUT2D eigenvalue weighted by molar-refractivity contribution is -0.121. The molecule has 1 heterocycles. The number of anilines is 1. The molecule has 1 aliphatic rings. The Morgan fingerprint density at radius 3 is 2.58 bits per heavy atom. The van der Waals surface area contributed by atoms with Gasteiger partial charge in [0.1, 0.15) is 0 Å². The van der Waals surface area contributed by atoms with Gasteiger partial charge in [-0.3, -0.25) is 9.52 Å². The Hall–Kier alpha value is -1.64. The van der Waals surface area contributed by atoms with Gasteiger partial charge in [0.15, 0.2) is 5.13 Å². The minimum absolute atomic E-state index is 0.0747. The summed E-state index contributed by atoms with van der Waals surface area (Å²) in [5.41, 5.74) is 0.553. The third kappa shape index (κ3) is 5.18. The minimum Gasteiger partial charge on any atom is -0.353 e. The van der Waals surface area contributed by atoms with Crippen LogP contribution in [-0.4, -0.2) is 25.4 Å². The summed E-state index contributed by atoms with van der Waals surface area (Å²) in [6, 6.07) is 6.13. The largest absolute Gasteiger partial charge is 0.353 e. The van der Waals surface area contributed by atoms with Crippen molar-refractivity contribution >= 4 is 44.0 Å². The molecule has 0 unspecified atom stereocenters. The number of aromatic nitrogens is 1. The molecule has 140 valence electrons. The Kier molecular flexibility index (Phi) is 6.16. The van der Waals surface area contributed by atoms with Crippen LogP contribution >= 0.6 is 22.9 Å². The number of carbonyl (C=O) groups is 1. The van der Waals surface area contributed by atoms with Crippen LogP contribution in [0.4, 0.5) is 5.13 Å². The zero-order valence-electron chi connectivity index (χ0n) is 14.1. The fraction of sp³-hybridized carbons (Fsp3) is 0.412. The predicted octanol–water partition coefficient (Wildman–Crippen LogP) is 3.59. The first-order chi connectivity index (χ1) is 12.4. The van der Waals surface area contributed by atoms with Gasteiger partial charge < -0.3 is 5.32 Å². The van der Waals surface area contributed by atoms with Crippen molar-refractivity contribution < 1.29 is 13.2 Å². The summed E-state index contributed by atoms with van der Waals surface area (Å²) in [6.07, 6.45) is 5.73. The normalized spacial score (nSPS) is 15.6. The molecule has 0 saturated heterocycles. The van der Waals surface area contributed by atoms with Crippen LogP contribution in [0.15, 0.2) is 34.5 Å². The number of benzene rings is 1. The number of hydrogen-bond acceptors (Lipinski definition) is 5. The van der Waals surface area contributed by atoms with E-state index in [-0.39, 0.29) is 28.4 Å². The molecule has 1 fully saturated rings. The highest BCUT2D eigenvalue weighted by Gasteiger charge is 2.18. The Labute approximate surface area is 162 Å². The number of carbonyl (C=O) groups excluding carboxylic acids is 1. The van der Waals surface area contributed by atoms with Gasteiger partial charge in [-0.2, -0.15) is 0 Å². The smallest absolute Gasteiger partial charge is 0.263 e. The second kappa shape index (κ2) is 8.37. The number of rotatable bonds is 6. The van der Waals surface area contributed by atoms with Crippen LogP contribution in [-0.2, 0) is 21.2 Å². The number of nitrogens with one attached hydrogen (secondary N) is 2. The van der Waals surface area contributed by atoms with E-state index in [1.165, 1.54) is 30.7 Å². The van der Waals surface area contributed by atoms with Crippen LogP contribution in [0.3, 0.4) is 0 Å². The maximum atomic E-state index is 12.3. The van der Waals surface area contributed by atoms with Crippen molar-refractivity contribution in [3.8, 4) is 0 Å². The SMILES string of the molecule is O=C(Cc1csc(NS(=O)(=O)c2ccc(Cl)cc2)n1)NC1CCCCC1. The molecule has 26 heavy (non-hydrogen) atoms. The van der Waals surface area contributed by atoms with E-state index >= 15 is 0 Å². The van der Waals surface area contributed by atoms with E-state index in [2.05, 4.69) is 15.0 Å². The zero-order valence-corrected chi connectivity index (χ0v) is 16.5. The van der Waals surface area contributed by atoms with Gasteiger partial charge in [0.05, 0.1) is 17.0 Å². The molecular weight excluding hydrogens is 394 g/mol. The van der Waals surface area contributed by atoms with Crippen LogP contribution in [0.25, 0.3) is 0 Å². The standard InChI is InChI=1S/C17H20ClN3O3S2/c18-12-6-8-15(9-7-12)26(23,24)21-17-20-14(11-25-17)10-16(22)19-13-4-2-1-3-5-13/h6-9,11,13H,1-5,10H2,(H,19,22)(H,20,21). The molecule has 1 saturated carbocycles. The maximum absolute atomic E-state index is 12.3. The highest BCUT2D eigenvalue weighted by molar-refractivity contribution is 7.93. The second-order valence-corrected chi connectivity index (χ2v) is 9.26. The fourth-order valence-electron chi connectivity index (χ4n) is 2.91. The average molecular weight is 414 g/mol. The molecule has 2 aromatic rings. The summed E-state index contributed by atoms with van der Waals surface area (Å²) in [5.74, 6) is -0.0747.